The molecule has 3 atom stereocenters. The Balaban J connectivity index is 1.76. The molecular weight excluding hydrogens is 440 g/mol. The van der Waals surface area contributed by atoms with Crippen LogP contribution in [0, 0.1) is 18.7 Å². The highest BCUT2D eigenvalue weighted by molar-refractivity contribution is 6.30. The molecule has 1 amide bonds. The Morgan fingerprint density at radius 1 is 1.42 bits per heavy atom. The van der Waals surface area contributed by atoms with Gasteiger partial charge in [0.2, 0.25) is 0 Å². The zero-order valence-electron chi connectivity index (χ0n) is 16.1. The van der Waals surface area contributed by atoms with E-state index in [4.69, 9.17) is 22.1 Å². The van der Waals surface area contributed by atoms with E-state index in [0.717, 1.165) is 6.07 Å². The topological polar surface area (TPSA) is 89.6 Å². The van der Waals surface area contributed by atoms with Crippen LogP contribution >= 0.6 is 11.6 Å². The van der Waals surface area contributed by atoms with Crippen LogP contribution in [-0.2, 0) is 17.0 Å². The van der Waals surface area contributed by atoms with Crippen LogP contribution in [-0.4, -0.2) is 29.4 Å². The minimum Gasteiger partial charge on any atom is -0.462 e. The van der Waals surface area contributed by atoms with E-state index >= 15 is 4.39 Å². The SMILES string of the molecule is Cc1cc(NC(=O)c2ncc(Cl)cc2CF)cc([C@@]2(C(F)F)N=C(N)O[C@@H]3C[C@@H]32)c1F. The van der Waals surface area contributed by atoms with Gasteiger partial charge in [-0.2, -0.15) is 0 Å². The molecule has 1 aromatic carbocycles. The van der Waals surface area contributed by atoms with Gasteiger partial charge in [-0.1, -0.05) is 11.6 Å². The molecule has 0 saturated heterocycles. The minimum absolute atomic E-state index is 0.0140. The normalized spacial score (nSPS) is 24.3. The highest BCUT2D eigenvalue weighted by atomic mass is 35.5. The molecule has 3 N–H and O–H groups in total. The number of amidine groups is 1. The van der Waals surface area contributed by atoms with Crippen molar-refractivity contribution >= 4 is 29.2 Å². The first kappa shape index (κ1) is 21.4. The van der Waals surface area contributed by atoms with Crippen LogP contribution in [0.1, 0.15) is 33.6 Å². The lowest BCUT2D eigenvalue weighted by atomic mass is 9.83. The monoisotopic (exact) mass is 456 g/mol. The third-order valence-corrected chi connectivity index (χ3v) is 5.64. The quantitative estimate of drug-likeness (QED) is 0.663. The molecule has 31 heavy (non-hydrogen) atoms. The molecule has 0 unspecified atom stereocenters. The van der Waals surface area contributed by atoms with Crippen molar-refractivity contribution < 1.29 is 27.1 Å². The predicted octanol–water partition coefficient (Wildman–Crippen LogP) is 4.10. The number of fused-ring (bicyclic) bond motifs is 1. The summed E-state index contributed by atoms with van der Waals surface area (Å²) in [6.07, 6.45) is -2.22. The first-order chi connectivity index (χ1) is 14.7. The van der Waals surface area contributed by atoms with E-state index in [0.29, 0.717) is 0 Å². The summed E-state index contributed by atoms with van der Waals surface area (Å²) in [5.74, 6) is -2.43. The molecule has 0 radical (unpaired) electrons. The van der Waals surface area contributed by atoms with Crippen molar-refractivity contribution in [2.24, 2.45) is 16.6 Å². The summed E-state index contributed by atoms with van der Waals surface area (Å²) >= 11 is 5.77. The Labute approximate surface area is 179 Å². The average Bonchev–Trinajstić information content (AvgIpc) is 3.49. The lowest BCUT2D eigenvalue weighted by Gasteiger charge is -2.33. The summed E-state index contributed by atoms with van der Waals surface area (Å²) < 4.78 is 62.1. The van der Waals surface area contributed by atoms with Gasteiger partial charge in [0.1, 0.15) is 24.3 Å². The Bertz CT molecular complexity index is 1100. The number of ether oxygens (including phenoxy) is 1. The maximum Gasteiger partial charge on any atom is 0.283 e. The fraction of sp³-hybridized carbons (Fsp3) is 0.350. The fourth-order valence-electron chi connectivity index (χ4n) is 3.91. The molecule has 1 aliphatic carbocycles. The third kappa shape index (κ3) is 3.58. The van der Waals surface area contributed by atoms with E-state index in [2.05, 4.69) is 15.3 Å². The Morgan fingerprint density at radius 3 is 2.84 bits per heavy atom. The van der Waals surface area contributed by atoms with Gasteiger partial charge in [0.25, 0.3) is 18.4 Å². The number of benzene rings is 1. The molecule has 1 saturated carbocycles. The van der Waals surface area contributed by atoms with E-state index < -0.39 is 54.0 Å². The van der Waals surface area contributed by atoms with Gasteiger partial charge in [-0.05, 0) is 37.1 Å². The predicted molar refractivity (Wildman–Crippen MR) is 105 cm³/mol. The number of rotatable bonds is 5. The Morgan fingerprint density at radius 2 is 2.16 bits per heavy atom. The van der Waals surface area contributed by atoms with Crippen molar-refractivity contribution in [3.8, 4) is 0 Å². The van der Waals surface area contributed by atoms with Crippen LogP contribution in [0.3, 0.4) is 0 Å². The zero-order chi connectivity index (χ0) is 22.5. The second kappa shape index (κ2) is 7.67. The summed E-state index contributed by atoms with van der Waals surface area (Å²) in [7, 11) is 0. The second-order valence-electron chi connectivity index (χ2n) is 7.48. The van der Waals surface area contributed by atoms with Crippen molar-refractivity contribution in [2.75, 3.05) is 5.32 Å². The van der Waals surface area contributed by atoms with E-state index in [1.165, 1.54) is 25.3 Å². The lowest BCUT2D eigenvalue weighted by molar-refractivity contribution is 0.0176. The molecule has 1 aromatic heterocycles. The first-order valence-corrected chi connectivity index (χ1v) is 9.67. The van der Waals surface area contributed by atoms with Gasteiger partial charge in [0.15, 0.2) is 5.54 Å². The third-order valence-electron chi connectivity index (χ3n) is 5.43. The average molecular weight is 457 g/mol. The lowest BCUT2D eigenvalue weighted by Crippen LogP contribution is -2.43. The molecule has 2 aliphatic rings. The molecule has 0 spiro atoms. The number of amides is 1. The van der Waals surface area contributed by atoms with E-state index in [9.17, 15) is 18.0 Å². The largest absolute Gasteiger partial charge is 0.462 e. The van der Waals surface area contributed by atoms with E-state index in [1.54, 1.807) is 0 Å². The standard InChI is InChI=1S/C20H17ClF4N4O2/c1-8-2-11(28-17(30)16-9(6-22)3-10(21)7-27-16)4-13(15(8)23)20(18(24)25)12-5-14(12)31-19(26)29-20/h2-4,7,12,14,18H,5-6H2,1H3,(H2,26,29)(H,28,30)/t12-,14+,20-/m0/s1. The van der Waals surface area contributed by atoms with E-state index in [-0.39, 0.29) is 34.0 Å². The molecule has 0 bridgehead atoms. The second-order valence-corrected chi connectivity index (χ2v) is 7.91. The highest BCUT2D eigenvalue weighted by Crippen LogP contribution is 2.56. The smallest absolute Gasteiger partial charge is 0.283 e. The van der Waals surface area contributed by atoms with Gasteiger partial charge >= 0.3 is 0 Å². The number of nitrogens with two attached hydrogens (primary N) is 1. The number of carbonyl (C=O) groups is 1. The van der Waals surface area contributed by atoms with Crippen LogP contribution in [0.25, 0.3) is 0 Å². The van der Waals surface area contributed by atoms with Crippen molar-refractivity contribution in [3.63, 3.8) is 0 Å². The van der Waals surface area contributed by atoms with Crippen molar-refractivity contribution in [3.05, 3.63) is 57.6 Å². The number of carbonyl (C=O) groups excluding carboxylic acids is 1. The summed E-state index contributed by atoms with van der Waals surface area (Å²) in [5.41, 5.74) is 2.72. The van der Waals surface area contributed by atoms with Crippen molar-refractivity contribution in [2.45, 2.75) is 38.1 Å². The van der Waals surface area contributed by atoms with Crippen LogP contribution in [0.4, 0.5) is 23.2 Å². The number of nitrogens with one attached hydrogen (secondary N) is 1. The van der Waals surface area contributed by atoms with Crippen LogP contribution < -0.4 is 11.1 Å². The number of aromatic nitrogens is 1. The number of hydrogen-bond donors (Lipinski definition) is 2. The number of pyridine rings is 1. The zero-order valence-corrected chi connectivity index (χ0v) is 16.9. The van der Waals surface area contributed by atoms with Crippen molar-refractivity contribution in [1.82, 2.24) is 4.98 Å². The molecule has 6 nitrogen and oxygen atoms in total. The summed E-state index contributed by atoms with van der Waals surface area (Å²) in [6.45, 7) is 0.382. The van der Waals surface area contributed by atoms with Crippen LogP contribution in [0.5, 0.6) is 0 Å². The maximum atomic E-state index is 15.0. The van der Waals surface area contributed by atoms with Gasteiger partial charge in [0, 0.05) is 28.9 Å². The highest BCUT2D eigenvalue weighted by Gasteiger charge is 2.64. The number of nitrogens with zero attached hydrogens (tertiary/aromatic N) is 2. The molecule has 2 heterocycles. The summed E-state index contributed by atoms with van der Waals surface area (Å²) in [4.78, 5) is 20.3. The fourth-order valence-corrected chi connectivity index (χ4v) is 4.09. The summed E-state index contributed by atoms with van der Waals surface area (Å²) in [5, 5.41) is 2.61. The number of anilines is 1. The number of aryl methyl sites for hydroxylation is 1. The van der Waals surface area contributed by atoms with Gasteiger partial charge in [-0.15, -0.1) is 0 Å². The molecule has 11 heteroatoms. The molecule has 4 rings (SSSR count). The van der Waals surface area contributed by atoms with Gasteiger partial charge in [-0.25, -0.2) is 27.5 Å². The van der Waals surface area contributed by atoms with Gasteiger partial charge < -0.3 is 15.8 Å². The van der Waals surface area contributed by atoms with Crippen LogP contribution in [0.2, 0.25) is 5.02 Å². The number of aliphatic imine (C=N–C) groups is 1. The molecule has 164 valence electrons. The Hall–Kier alpha value is -2.88. The number of hydrogen-bond acceptors (Lipinski definition) is 5. The molecular formula is C20H17ClF4N4O2. The summed E-state index contributed by atoms with van der Waals surface area (Å²) in [6, 6.07) is 3.18. The van der Waals surface area contributed by atoms with Crippen molar-refractivity contribution in [1.29, 1.82) is 0 Å². The minimum atomic E-state index is -3.07. The van der Waals surface area contributed by atoms with Crippen LogP contribution in [0.15, 0.2) is 29.4 Å². The molecule has 2 aromatic rings. The first-order valence-electron chi connectivity index (χ1n) is 9.29. The molecule has 1 aliphatic heterocycles. The number of halogens is 5. The molecule has 1 fully saturated rings. The number of alkyl halides is 3. The van der Waals surface area contributed by atoms with Gasteiger partial charge in [-0.3, -0.25) is 4.79 Å². The Kier molecular flexibility index (Phi) is 5.28. The van der Waals surface area contributed by atoms with Gasteiger partial charge in [0.05, 0.1) is 5.02 Å². The van der Waals surface area contributed by atoms with E-state index in [1.807, 2.05) is 0 Å². The maximum absolute atomic E-state index is 15.0.